The number of aryl methyl sites for hydroxylation is 1. The third-order valence-corrected chi connectivity index (χ3v) is 7.06. The van der Waals surface area contributed by atoms with Gasteiger partial charge in [0.25, 0.3) is 5.91 Å². The van der Waals surface area contributed by atoms with Crippen molar-refractivity contribution in [2.24, 2.45) is 5.92 Å². The SMILES string of the molecule is Cc1ccc(-c2cnn(CC3CCN(C(=O)OC(C)(C)C)CC3)c2)c(-c2ccc3c(c2)C(=O)N(C)C3)n1. The van der Waals surface area contributed by atoms with E-state index in [4.69, 9.17) is 9.72 Å². The second-order valence-corrected chi connectivity index (χ2v) is 11.2. The molecule has 1 fully saturated rings. The van der Waals surface area contributed by atoms with E-state index in [0.29, 0.717) is 25.6 Å². The molecule has 2 amide bonds. The van der Waals surface area contributed by atoms with Gasteiger partial charge in [0.1, 0.15) is 5.60 Å². The molecule has 3 aromatic rings. The number of aromatic nitrogens is 3. The molecule has 0 spiro atoms. The first kappa shape index (κ1) is 25.0. The topological polar surface area (TPSA) is 80.6 Å². The summed E-state index contributed by atoms with van der Waals surface area (Å²) in [5, 5.41) is 4.65. The Morgan fingerprint density at radius 1 is 1.08 bits per heavy atom. The van der Waals surface area contributed by atoms with Crippen LogP contribution in [0, 0.1) is 12.8 Å². The van der Waals surface area contributed by atoms with E-state index in [1.165, 1.54) is 0 Å². The summed E-state index contributed by atoms with van der Waals surface area (Å²) in [6, 6.07) is 10.1. The Hall–Kier alpha value is -3.68. The first-order chi connectivity index (χ1) is 17.6. The van der Waals surface area contributed by atoms with Gasteiger partial charge in [0.05, 0.1) is 11.9 Å². The molecule has 2 aliphatic rings. The third kappa shape index (κ3) is 5.38. The maximum Gasteiger partial charge on any atom is 0.410 e. The van der Waals surface area contributed by atoms with Gasteiger partial charge in [0.15, 0.2) is 0 Å². The van der Waals surface area contributed by atoms with Gasteiger partial charge in [-0.25, -0.2) is 4.79 Å². The average Bonchev–Trinajstić information content (AvgIpc) is 3.42. The van der Waals surface area contributed by atoms with Crippen LogP contribution >= 0.6 is 0 Å². The monoisotopic (exact) mass is 501 g/mol. The zero-order valence-electron chi connectivity index (χ0n) is 22.3. The van der Waals surface area contributed by atoms with E-state index in [1.54, 1.807) is 9.80 Å². The van der Waals surface area contributed by atoms with Gasteiger partial charge in [0.2, 0.25) is 0 Å². The summed E-state index contributed by atoms with van der Waals surface area (Å²) in [5.74, 6) is 0.498. The van der Waals surface area contributed by atoms with E-state index in [2.05, 4.69) is 23.4 Å². The summed E-state index contributed by atoms with van der Waals surface area (Å²) in [4.78, 5) is 33.3. The fourth-order valence-electron chi connectivity index (χ4n) is 5.10. The fourth-order valence-corrected chi connectivity index (χ4v) is 5.10. The highest BCUT2D eigenvalue weighted by Gasteiger charge is 2.28. The average molecular weight is 502 g/mol. The Kier molecular flexibility index (Phi) is 6.52. The number of ether oxygens (including phenoxy) is 1. The minimum Gasteiger partial charge on any atom is -0.444 e. The Morgan fingerprint density at radius 2 is 1.84 bits per heavy atom. The van der Waals surface area contributed by atoms with E-state index < -0.39 is 5.60 Å². The summed E-state index contributed by atoms with van der Waals surface area (Å²) in [6.07, 6.45) is 5.57. The minimum absolute atomic E-state index is 0.0524. The van der Waals surface area contributed by atoms with E-state index in [-0.39, 0.29) is 12.0 Å². The lowest BCUT2D eigenvalue weighted by atomic mass is 9.97. The highest BCUT2D eigenvalue weighted by atomic mass is 16.6. The summed E-state index contributed by atoms with van der Waals surface area (Å²) in [5.41, 5.74) is 6.03. The van der Waals surface area contributed by atoms with E-state index in [0.717, 1.165) is 58.6 Å². The van der Waals surface area contributed by atoms with E-state index in [1.807, 2.05) is 63.8 Å². The summed E-state index contributed by atoms with van der Waals surface area (Å²) < 4.78 is 7.51. The number of hydrogen-bond donors (Lipinski definition) is 0. The van der Waals surface area contributed by atoms with Gasteiger partial charge >= 0.3 is 6.09 Å². The lowest BCUT2D eigenvalue weighted by molar-refractivity contribution is 0.0177. The van der Waals surface area contributed by atoms with Crippen LogP contribution in [0.25, 0.3) is 22.4 Å². The Bertz CT molecular complexity index is 1330. The summed E-state index contributed by atoms with van der Waals surface area (Å²) in [7, 11) is 1.83. The summed E-state index contributed by atoms with van der Waals surface area (Å²) >= 11 is 0. The highest BCUT2D eigenvalue weighted by molar-refractivity contribution is 5.99. The summed E-state index contributed by atoms with van der Waals surface area (Å²) in [6.45, 7) is 10.5. The quantitative estimate of drug-likeness (QED) is 0.494. The smallest absolute Gasteiger partial charge is 0.410 e. The third-order valence-electron chi connectivity index (χ3n) is 7.06. The van der Waals surface area contributed by atoms with Crippen LogP contribution in [0.2, 0.25) is 0 Å². The molecule has 0 N–H and O–H groups in total. The van der Waals surface area contributed by atoms with Crippen molar-refractivity contribution in [1.29, 1.82) is 0 Å². The van der Waals surface area contributed by atoms with Crippen molar-refractivity contribution in [1.82, 2.24) is 24.6 Å². The molecule has 8 nitrogen and oxygen atoms in total. The molecule has 8 heteroatoms. The lowest BCUT2D eigenvalue weighted by Crippen LogP contribution is -2.42. The van der Waals surface area contributed by atoms with Gasteiger partial charge < -0.3 is 14.5 Å². The molecular weight excluding hydrogens is 466 g/mol. The van der Waals surface area contributed by atoms with Crippen molar-refractivity contribution in [3.05, 3.63) is 59.5 Å². The largest absolute Gasteiger partial charge is 0.444 e. The number of amides is 2. The van der Waals surface area contributed by atoms with Crippen molar-refractivity contribution in [3.8, 4) is 22.4 Å². The molecule has 0 bridgehead atoms. The number of nitrogens with zero attached hydrogens (tertiary/aromatic N) is 5. The molecule has 0 aliphatic carbocycles. The van der Waals surface area contributed by atoms with Crippen LogP contribution in [0.3, 0.4) is 0 Å². The number of fused-ring (bicyclic) bond motifs is 1. The highest BCUT2D eigenvalue weighted by Crippen LogP contribution is 2.34. The Balaban J connectivity index is 1.31. The van der Waals surface area contributed by atoms with Crippen LogP contribution in [0.5, 0.6) is 0 Å². The van der Waals surface area contributed by atoms with Crippen LogP contribution < -0.4 is 0 Å². The zero-order valence-corrected chi connectivity index (χ0v) is 22.3. The van der Waals surface area contributed by atoms with Crippen LogP contribution in [0.1, 0.15) is 55.2 Å². The first-order valence-electron chi connectivity index (χ1n) is 12.9. The number of rotatable bonds is 4. The molecule has 194 valence electrons. The molecule has 2 aliphatic heterocycles. The molecule has 4 heterocycles. The molecule has 0 saturated carbocycles. The van der Waals surface area contributed by atoms with E-state index >= 15 is 0 Å². The fraction of sp³-hybridized carbons (Fsp3) is 0.448. The number of carbonyl (C=O) groups excluding carboxylic acids is 2. The lowest BCUT2D eigenvalue weighted by Gasteiger charge is -2.33. The second-order valence-electron chi connectivity index (χ2n) is 11.2. The molecule has 37 heavy (non-hydrogen) atoms. The predicted octanol–water partition coefficient (Wildman–Crippen LogP) is 5.15. The molecule has 0 atom stereocenters. The van der Waals surface area contributed by atoms with Crippen molar-refractivity contribution < 1.29 is 14.3 Å². The maximum atomic E-state index is 12.6. The molecule has 5 rings (SSSR count). The maximum absolute atomic E-state index is 12.6. The Morgan fingerprint density at radius 3 is 2.57 bits per heavy atom. The van der Waals surface area contributed by atoms with Crippen molar-refractivity contribution in [3.63, 3.8) is 0 Å². The number of carbonyl (C=O) groups is 2. The van der Waals surface area contributed by atoms with Crippen LogP contribution in [0.4, 0.5) is 4.79 Å². The minimum atomic E-state index is -0.477. The van der Waals surface area contributed by atoms with Gasteiger partial charge in [-0.2, -0.15) is 5.10 Å². The standard InChI is InChI=1S/C29H35N5O3/c1-19-6-9-24(26(31-19)21-7-8-22-17-32(5)27(35)25(22)14-21)23-15-30-34(18-23)16-20-10-12-33(13-11-20)28(36)37-29(2,3)4/h6-9,14-15,18,20H,10-13,16-17H2,1-5H3. The number of benzene rings is 1. The zero-order chi connectivity index (χ0) is 26.3. The van der Waals surface area contributed by atoms with Gasteiger partial charge in [0, 0.05) is 67.4 Å². The van der Waals surface area contributed by atoms with E-state index in [9.17, 15) is 9.59 Å². The first-order valence-corrected chi connectivity index (χ1v) is 12.9. The van der Waals surface area contributed by atoms with Gasteiger partial charge in [-0.3, -0.25) is 14.5 Å². The van der Waals surface area contributed by atoms with Gasteiger partial charge in [-0.05, 0) is 64.2 Å². The number of pyridine rings is 1. The number of hydrogen-bond acceptors (Lipinski definition) is 5. The van der Waals surface area contributed by atoms with Gasteiger partial charge in [-0.1, -0.05) is 18.2 Å². The van der Waals surface area contributed by atoms with Crippen molar-refractivity contribution >= 4 is 12.0 Å². The molecule has 0 radical (unpaired) electrons. The molecule has 2 aromatic heterocycles. The van der Waals surface area contributed by atoms with Crippen LogP contribution in [-0.4, -0.2) is 62.3 Å². The number of likely N-dealkylation sites (tertiary alicyclic amines) is 1. The molecule has 1 aromatic carbocycles. The molecule has 0 unspecified atom stereocenters. The normalized spacial score (nSPS) is 16.3. The van der Waals surface area contributed by atoms with Crippen molar-refractivity contribution in [2.45, 2.75) is 59.2 Å². The molecular formula is C29H35N5O3. The second kappa shape index (κ2) is 9.65. The van der Waals surface area contributed by atoms with Gasteiger partial charge in [-0.15, -0.1) is 0 Å². The van der Waals surface area contributed by atoms with Crippen LogP contribution in [-0.2, 0) is 17.8 Å². The van der Waals surface area contributed by atoms with Crippen LogP contribution in [0.15, 0.2) is 42.7 Å². The predicted molar refractivity (Wildman–Crippen MR) is 142 cm³/mol. The van der Waals surface area contributed by atoms with Crippen molar-refractivity contribution in [2.75, 3.05) is 20.1 Å². The Labute approximate surface area is 218 Å². The molecule has 1 saturated heterocycles. The number of piperidine rings is 1.